The number of rotatable bonds is 3. The Morgan fingerprint density at radius 2 is 1.35 bits per heavy atom. The highest BCUT2D eigenvalue weighted by molar-refractivity contribution is 5.85. The maximum Gasteiger partial charge on any atom is 0.0585 e. The van der Waals surface area contributed by atoms with Crippen LogP contribution in [0.2, 0.25) is 0 Å². The van der Waals surface area contributed by atoms with Crippen LogP contribution in [0.4, 0.5) is 0 Å². The van der Waals surface area contributed by atoms with Gasteiger partial charge >= 0.3 is 0 Å². The Hall–Kier alpha value is -0.570. The third kappa shape index (κ3) is 5.43. The largest absolute Gasteiger partial charge is 0.395 e. The molecular weight excluding hydrogens is 270 g/mol. The second kappa shape index (κ2) is 6.93. The van der Waals surface area contributed by atoms with E-state index in [1.54, 1.807) is 0 Å². The zero-order valence-electron chi connectivity index (χ0n) is 13.7. The second-order valence-corrected chi connectivity index (χ2v) is 7.57. The SMILES string of the molecule is CC(C)(C)c1cc(CC(N)CO)cc(C(C)(C)C)c1.Cl. The first-order chi connectivity index (χ1) is 8.54. The molecule has 0 aliphatic rings. The maximum absolute atomic E-state index is 9.13. The van der Waals surface area contributed by atoms with Crippen LogP contribution in [0.3, 0.4) is 0 Å². The van der Waals surface area contributed by atoms with Crippen LogP contribution in [0.25, 0.3) is 0 Å². The summed E-state index contributed by atoms with van der Waals surface area (Å²) in [5, 5.41) is 9.13. The van der Waals surface area contributed by atoms with Crippen LogP contribution in [0.15, 0.2) is 18.2 Å². The molecule has 20 heavy (non-hydrogen) atoms. The van der Waals surface area contributed by atoms with Crippen LogP contribution in [0.1, 0.15) is 58.2 Å². The number of hydrogen-bond acceptors (Lipinski definition) is 2. The molecular formula is C17H30ClNO. The molecule has 0 saturated heterocycles. The van der Waals surface area contributed by atoms with Gasteiger partial charge in [0.1, 0.15) is 0 Å². The number of aliphatic hydroxyl groups is 1. The first-order valence-electron chi connectivity index (χ1n) is 7.05. The highest BCUT2D eigenvalue weighted by atomic mass is 35.5. The highest BCUT2D eigenvalue weighted by Crippen LogP contribution is 2.30. The standard InChI is InChI=1S/C17H29NO.ClH/c1-16(2,3)13-7-12(9-15(18)11-19)8-14(10-13)17(4,5)6;/h7-8,10,15,19H,9,11,18H2,1-6H3;1H. The van der Waals surface area contributed by atoms with Crippen molar-refractivity contribution in [3.05, 3.63) is 34.9 Å². The van der Waals surface area contributed by atoms with Crippen molar-refractivity contribution in [2.45, 2.75) is 64.8 Å². The fraction of sp³-hybridized carbons (Fsp3) is 0.647. The molecule has 3 N–H and O–H groups in total. The molecule has 0 heterocycles. The van der Waals surface area contributed by atoms with Crippen molar-refractivity contribution in [2.75, 3.05) is 6.61 Å². The quantitative estimate of drug-likeness (QED) is 0.896. The van der Waals surface area contributed by atoms with Gasteiger partial charge in [-0.3, -0.25) is 0 Å². The zero-order valence-corrected chi connectivity index (χ0v) is 14.5. The van der Waals surface area contributed by atoms with Gasteiger partial charge in [-0.05, 0) is 33.9 Å². The number of aliphatic hydroxyl groups excluding tert-OH is 1. The van der Waals surface area contributed by atoms with Gasteiger partial charge in [0.2, 0.25) is 0 Å². The molecule has 2 nitrogen and oxygen atoms in total. The van der Waals surface area contributed by atoms with Crippen molar-refractivity contribution in [3.8, 4) is 0 Å². The fourth-order valence-electron chi connectivity index (χ4n) is 2.04. The van der Waals surface area contributed by atoms with Crippen molar-refractivity contribution in [3.63, 3.8) is 0 Å². The lowest BCUT2D eigenvalue weighted by Gasteiger charge is -2.26. The van der Waals surface area contributed by atoms with Crippen molar-refractivity contribution in [2.24, 2.45) is 5.73 Å². The van der Waals surface area contributed by atoms with Crippen molar-refractivity contribution in [1.29, 1.82) is 0 Å². The first kappa shape index (κ1) is 19.4. The molecule has 0 radical (unpaired) electrons. The number of nitrogens with two attached hydrogens (primary N) is 1. The van der Waals surface area contributed by atoms with Gasteiger partial charge < -0.3 is 10.8 Å². The van der Waals surface area contributed by atoms with E-state index in [1.165, 1.54) is 16.7 Å². The molecule has 0 aliphatic carbocycles. The lowest BCUT2D eigenvalue weighted by atomic mass is 9.79. The smallest absolute Gasteiger partial charge is 0.0585 e. The molecule has 0 bridgehead atoms. The van der Waals surface area contributed by atoms with Crippen LogP contribution in [0.5, 0.6) is 0 Å². The molecule has 0 saturated carbocycles. The summed E-state index contributed by atoms with van der Waals surface area (Å²) >= 11 is 0. The summed E-state index contributed by atoms with van der Waals surface area (Å²) in [6.07, 6.45) is 0.726. The summed E-state index contributed by atoms with van der Waals surface area (Å²) in [6.45, 7) is 13.4. The lowest BCUT2D eigenvalue weighted by molar-refractivity contribution is 0.265. The van der Waals surface area contributed by atoms with Crippen LogP contribution in [0, 0.1) is 0 Å². The summed E-state index contributed by atoms with van der Waals surface area (Å²) in [4.78, 5) is 0. The molecule has 0 spiro atoms. The van der Waals surface area contributed by atoms with Crippen LogP contribution >= 0.6 is 12.4 Å². The molecule has 3 heteroatoms. The van der Waals surface area contributed by atoms with Gasteiger partial charge in [0.05, 0.1) is 6.61 Å². The van der Waals surface area contributed by atoms with E-state index in [0.29, 0.717) is 0 Å². The molecule has 116 valence electrons. The van der Waals surface area contributed by atoms with Gasteiger partial charge in [0.25, 0.3) is 0 Å². The van der Waals surface area contributed by atoms with E-state index in [1.807, 2.05) is 0 Å². The summed E-state index contributed by atoms with van der Waals surface area (Å²) in [5.41, 5.74) is 10.0. The molecule has 0 amide bonds. The summed E-state index contributed by atoms with van der Waals surface area (Å²) in [7, 11) is 0. The number of benzene rings is 1. The van der Waals surface area contributed by atoms with Crippen LogP contribution in [-0.4, -0.2) is 17.8 Å². The molecule has 0 fully saturated rings. The Morgan fingerprint density at radius 1 is 0.950 bits per heavy atom. The Labute approximate surface area is 130 Å². The third-order valence-electron chi connectivity index (χ3n) is 3.46. The van der Waals surface area contributed by atoms with E-state index in [2.05, 4.69) is 59.7 Å². The van der Waals surface area contributed by atoms with Gasteiger partial charge in [-0.15, -0.1) is 12.4 Å². The average Bonchev–Trinajstić information content (AvgIpc) is 2.26. The monoisotopic (exact) mass is 299 g/mol. The topological polar surface area (TPSA) is 46.2 Å². The number of halogens is 1. The lowest BCUT2D eigenvalue weighted by Crippen LogP contribution is -2.27. The normalized spacial score (nSPS) is 13.8. The number of hydrogen-bond donors (Lipinski definition) is 2. The van der Waals surface area contributed by atoms with E-state index >= 15 is 0 Å². The molecule has 1 atom stereocenters. The summed E-state index contributed by atoms with van der Waals surface area (Å²) < 4.78 is 0. The minimum absolute atomic E-state index is 0. The van der Waals surface area contributed by atoms with E-state index in [9.17, 15) is 0 Å². The van der Waals surface area contributed by atoms with Gasteiger partial charge in [0, 0.05) is 6.04 Å². The summed E-state index contributed by atoms with van der Waals surface area (Å²) in [5.74, 6) is 0. The Morgan fingerprint density at radius 3 is 1.65 bits per heavy atom. The Balaban J connectivity index is 0.00000361. The van der Waals surface area contributed by atoms with Crippen LogP contribution < -0.4 is 5.73 Å². The zero-order chi connectivity index (χ0) is 14.8. The van der Waals surface area contributed by atoms with Gasteiger partial charge in [-0.2, -0.15) is 0 Å². The van der Waals surface area contributed by atoms with Crippen molar-refractivity contribution in [1.82, 2.24) is 0 Å². The van der Waals surface area contributed by atoms with E-state index in [0.717, 1.165) is 6.42 Å². The second-order valence-electron chi connectivity index (χ2n) is 7.57. The molecule has 1 aromatic carbocycles. The predicted molar refractivity (Wildman–Crippen MR) is 89.9 cm³/mol. The third-order valence-corrected chi connectivity index (χ3v) is 3.46. The average molecular weight is 300 g/mol. The fourth-order valence-corrected chi connectivity index (χ4v) is 2.04. The minimum atomic E-state index is -0.178. The summed E-state index contributed by atoms with van der Waals surface area (Å²) in [6, 6.07) is 6.58. The van der Waals surface area contributed by atoms with Crippen molar-refractivity contribution < 1.29 is 5.11 Å². The molecule has 0 aromatic heterocycles. The predicted octanol–water partition coefficient (Wildman–Crippen LogP) is 3.57. The maximum atomic E-state index is 9.13. The molecule has 1 unspecified atom stereocenters. The van der Waals surface area contributed by atoms with E-state index < -0.39 is 0 Å². The molecule has 1 aromatic rings. The van der Waals surface area contributed by atoms with E-state index in [4.69, 9.17) is 10.8 Å². The van der Waals surface area contributed by atoms with Gasteiger partial charge in [0.15, 0.2) is 0 Å². The van der Waals surface area contributed by atoms with Crippen LogP contribution in [-0.2, 0) is 17.3 Å². The highest BCUT2D eigenvalue weighted by Gasteiger charge is 2.20. The first-order valence-corrected chi connectivity index (χ1v) is 7.05. The Kier molecular flexibility index (Phi) is 6.73. The van der Waals surface area contributed by atoms with E-state index in [-0.39, 0.29) is 35.9 Å². The minimum Gasteiger partial charge on any atom is -0.395 e. The van der Waals surface area contributed by atoms with Gasteiger partial charge in [-0.1, -0.05) is 59.7 Å². The molecule has 1 rings (SSSR count). The molecule has 0 aliphatic heterocycles. The van der Waals surface area contributed by atoms with Gasteiger partial charge in [-0.25, -0.2) is 0 Å². The Bertz CT molecular complexity index is 397. The van der Waals surface area contributed by atoms with Crippen molar-refractivity contribution >= 4 is 12.4 Å².